The standard InChI is InChI=1S/C17H19F2N5O2S/c1-11-6-4-5-7-14(11)9-23-10-15(8-20-23)22-27(25,26)16-12(2)21-24(13(16)3)17(18)19/h4-8,10,17,22H,9H2,1-3H3. The fourth-order valence-corrected chi connectivity index (χ4v) is 4.33. The summed E-state index contributed by atoms with van der Waals surface area (Å²) in [5.74, 6) is 0. The zero-order valence-electron chi connectivity index (χ0n) is 15.0. The van der Waals surface area contributed by atoms with E-state index < -0.39 is 16.6 Å². The zero-order chi connectivity index (χ0) is 19.8. The van der Waals surface area contributed by atoms with Gasteiger partial charge in [0.2, 0.25) is 0 Å². The second-order valence-electron chi connectivity index (χ2n) is 6.18. The number of anilines is 1. The first-order valence-corrected chi connectivity index (χ1v) is 9.61. The second-order valence-corrected chi connectivity index (χ2v) is 7.80. The van der Waals surface area contributed by atoms with Crippen LogP contribution >= 0.6 is 0 Å². The number of nitrogens with zero attached hydrogens (tertiary/aromatic N) is 4. The van der Waals surface area contributed by atoms with Crippen molar-refractivity contribution in [2.45, 2.75) is 38.8 Å². The van der Waals surface area contributed by atoms with Crippen molar-refractivity contribution in [3.8, 4) is 0 Å². The van der Waals surface area contributed by atoms with Crippen molar-refractivity contribution in [3.05, 3.63) is 59.2 Å². The molecule has 0 atom stereocenters. The second kappa shape index (κ2) is 7.10. The van der Waals surface area contributed by atoms with Gasteiger partial charge in [0.15, 0.2) is 0 Å². The Bertz CT molecular complexity index is 1070. The molecule has 27 heavy (non-hydrogen) atoms. The Kier molecular flexibility index (Phi) is 5.01. The lowest BCUT2D eigenvalue weighted by molar-refractivity contribution is 0.0538. The molecule has 0 aliphatic heterocycles. The fourth-order valence-electron chi connectivity index (χ4n) is 2.90. The highest BCUT2D eigenvalue weighted by Crippen LogP contribution is 2.25. The van der Waals surface area contributed by atoms with Crippen LogP contribution in [0.5, 0.6) is 0 Å². The van der Waals surface area contributed by atoms with Gasteiger partial charge in [-0.2, -0.15) is 19.0 Å². The summed E-state index contributed by atoms with van der Waals surface area (Å²) in [5.41, 5.74) is 2.28. The van der Waals surface area contributed by atoms with Crippen molar-refractivity contribution in [1.82, 2.24) is 19.6 Å². The Labute approximate surface area is 155 Å². The molecule has 0 fully saturated rings. The topological polar surface area (TPSA) is 81.8 Å². The van der Waals surface area contributed by atoms with Crippen molar-refractivity contribution in [2.75, 3.05) is 4.72 Å². The van der Waals surface area contributed by atoms with Crippen molar-refractivity contribution in [1.29, 1.82) is 0 Å². The minimum atomic E-state index is -4.08. The highest BCUT2D eigenvalue weighted by Gasteiger charge is 2.27. The summed E-state index contributed by atoms with van der Waals surface area (Å²) in [6.07, 6.45) is 2.92. The van der Waals surface area contributed by atoms with Crippen LogP contribution in [0.3, 0.4) is 0 Å². The third-order valence-corrected chi connectivity index (χ3v) is 5.82. The Balaban J connectivity index is 1.84. The maximum atomic E-state index is 13.0. The van der Waals surface area contributed by atoms with Crippen LogP contribution in [0.4, 0.5) is 14.5 Å². The number of rotatable bonds is 6. The average Bonchev–Trinajstić information content (AvgIpc) is 3.13. The van der Waals surface area contributed by atoms with Gasteiger partial charge in [0.25, 0.3) is 10.0 Å². The number of hydrogen-bond acceptors (Lipinski definition) is 4. The van der Waals surface area contributed by atoms with E-state index in [0.717, 1.165) is 11.1 Å². The monoisotopic (exact) mass is 395 g/mol. The molecule has 0 spiro atoms. The van der Waals surface area contributed by atoms with E-state index in [1.54, 1.807) is 10.9 Å². The van der Waals surface area contributed by atoms with Gasteiger partial charge in [0.05, 0.1) is 29.8 Å². The first-order valence-electron chi connectivity index (χ1n) is 8.12. The SMILES string of the molecule is Cc1ccccc1Cn1cc(NS(=O)(=O)c2c(C)nn(C(F)F)c2C)cn1. The van der Waals surface area contributed by atoms with Crippen LogP contribution in [0.1, 0.15) is 29.1 Å². The molecule has 2 aromatic heterocycles. The summed E-state index contributed by atoms with van der Waals surface area (Å²) < 4.78 is 55.6. The molecule has 0 saturated carbocycles. The molecule has 0 saturated heterocycles. The number of benzene rings is 1. The van der Waals surface area contributed by atoms with E-state index in [-0.39, 0.29) is 22.0 Å². The molecular formula is C17H19F2N5O2S. The van der Waals surface area contributed by atoms with Gasteiger partial charge in [-0.1, -0.05) is 24.3 Å². The average molecular weight is 395 g/mol. The third-order valence-electron chi connectivity index (χ3n) is 4.19. The smallest absolute Gasteiger partial charge is 0.276 e. The van der Waals surface area contributed by atoms with E-state index in [4.69, 9.17) is 0 Å². The molecule has 10 heteroatoms. The van der Waals surface area contributed by atoms with Gasteiger partial charge in [-0.15, -0.1) is 0 Å². The Morgan fingerprint density at radius 1 is 1.19 bits per heavy atom. The normalized spacial score (nSPS) is 11.9. The minimum absolute atomic E-state index is 0.00704. The maximum absolute atomic E-state index is 13.0. The molecule has 1 aromatic carbocycles. The van der Waals surface area contributed by atoms with Gasteiger partial charge < -0.3 is 0 Å². The lowest BCUT2D eigenvalue weighted by Crippen LogP contribution is -2.15. The Morgan fingerprint density at radius 3 is 2.52 bits per heavy atom. The highest BCUT2D eigenvalue weighted by atomic mass is 32.2. The Hall–Kier alpha value is -2.75. The summed E-state index contributed by atoms with van der Waals surface area (Å²) in [6, 6.07) is 7.80. The first kappa shape index (κ1) is 19.0. The molecular weight excluding hydrogens is 376 g/mol. The molecule has 2 heterocycles. The van der Waals surface area contributed by atoms with Gasteiger partial charge in [0.1, 0.15) is 4.90 Å². The van der Waals surface area contributed by atoms with Gasteiger partial charge in [-0.3, -0.25) is 9.40 Å². The number of alkyl halides is 2. The van der Waals surface area contributed by atoms with E-state index in [0.29, 0.717) is 11.2 Å². The van der Waals surface area contributed by atoms with E-state index in [1.807, 2.05) is 31.2 Å². The minimum Gasteiger partial charge on any atom is -0.276 e. The largest absolute Gasteiger partial charge is 0.333 e. The maximum Gasteiger partial charge on any atom is 0.333 e. The van der Waals surface area contributed by atoms with E-state index in [1.165, 1.54) is 20.0 Å². The van der Waals surface area contributed by atoms with Crippen molar-refractivity contribution in [2.24, 2.45) is 0 Å². The van der Waals surface area contributed by atoms with Gasteiger partial charge in [-0.25, -0.2) is 13.1 Å². The summed E-state index contributed by atoms with van der Waals surface area (Å²) in [6.45, 7) is 2.22. The lowest BCUT2D eigenvalue weighted by Gasteiger charge is -2.07. The first-order chi connectivity index (χ1) is 12.7. The van der Waals surface area contributed by atoms with Crippen LogP contribution in [0.25, 0.3) is 0 Å². The summed E-state index contributed by atoms with van der Waals surface area (Å²) >= 11 is 0. The van der Waals surface area contributed by atoms with E-state index in [2.05, 4.69) is 14.9 Å². The quantitative estimate of drug-likeness (QED) is 0.695. The highest BCUT2D eigenvalue weighted by molar-refractivity contribution is 7.92. The van der Waals surface area contributed by atoms with E-state index >= 15 is 0 Å². The van der Waals surface area contributed by atoms with Crippen molar-refractivity contribution < 1.29 is 17.2 Å². The zero-order valence-corrected chi connectivity index (χ0v) is 15.8. The molecule has 3 rings (SSSR count). The predicted molar refractivity (Wildman–Crippen MR) is 96.3 cm³/mol. The molecule has 0 aliphatic rings. The fraction of sp³-hybridized carbons (Fsp3) is 0.294. The van der Waals surface area contributed by atoms with Crippen LogP contribution in [-0.2, 0) is 16.6 Å². The van der Waals surface area contributed by atoms with Crippen LogP contribution in [0.15, 0.2) is 41.6 Å². The van der Waals surface area contributed by atoms with Crippen molar-refractivity contribution >= 4 is 15.7 Å². The number of hydrogen-bond donors (Lipinski definition) is 1. The molecule has 0 radical (unpaired) electrons. The third kappa shape index (κ3) is 3.85. The summed E-state index contributed by atoms with van der Waals surface area (Å²) in [5, 5.41) is 7.77. The predicted octanol–water partition coefficient (Wildman–Crippen LogP) is 3.25. The molecule has 144 valence electrons. The van der Waals surface area contributed by atoms with Crippen LogP contribution in [0, 0.1) is 20.8 Å². The number of halogens is 2. The number of aromatic nitrogens is 4. The molecule has 0 unspecified atom stereocenters. The Morgan fingerprint density at radius 2 is 1.89 bits per heavy atom. The van der Waals surface area contributed by atoms with Crippen LogP contribution in [0.2, 0.25) is 0 Å². The number of aryl methyl sites for hydroxylation is 2. The van der Waals surface area contributed by atoms with Crippen molar-refractivity contribution in [3.63, 3.8) is 0 Å². The molecule has 7 nitrogen and oxygen atoms in total. The van der Waals surface area contributed by atoms with Crippen LogP contribution in [-0.4, -0.2) is 28.0 Å². The summed E-state index contributed by atoms with van der Waals surface area (Å²) in [4.78, 5) is -0.255. The molecule has 0 amide bonds. The molecule has 0 bridgehead atoms. The number of sulfonamides is 1. The molecule has 0 aliphatic carbocycles. The summed E-state index contributed by atoms with van der Waals surface area (Å²) in [7, 11) is -4.08. The van der Waals surface area contributed by atoms with Gasteiger partial charge >= 0.3 is 6.55 Å². The van der Waals surface area contributed by atoms with Gasteiger partial charge in [-0.05, 0) is 31.9 Å². The number of nitrogens with one attached hydrogen (secondary N) is 1. The van der Waals surface area contributed by atoms with Gasteiger partial charge in [0, 0.05) is 6.20 Å². The van der Waals surface area contributed by atoms with Crippen LogP contribution < -0.4 is 4.72 Å². The van der Waals surface area contributed by atoms with E-state index in [9.17, 15) is 17.2 Å². The molecule has 1 N–H and O–H groups in total. The lowest BCUT2D eigenvalue weighted by atomic mass is 10.1. The molecule has 3 aromatic rings.